The quantitative estimate of drug-likeness (QED) is 0.0199. The number of phenols is 1. The third-order valence-electron chi connectivity index (χ3n) is 7.22. The van der Waals surface area contributed by atoms with Crippen LogP contribution in [0.2, 0.25) is 0 Å². The number of phenolic OH excluding ortho intramolecular Hbond substituents is 1. The molecule has 0 aliphatic carbocycles. The molecular weight excluding hydrogens is 915 g/mol. The summed E-state index contributed by atoms with van der Waals surface area (Å²) in [5.74, 6) is -2.65. The zero-order chi connectivity index (χ0) is 39.6. The van der Waals surface area contributed by atoms with Gasteiger partial charge in [-0.05, 0) is 59.3 Å². The molecule has 2 N–H and O–H groups in total. The summed E-state index contributed by atoms with van der Waals surface area (Å²) in [5, 5.41) is 34.5. The van der Waals surface area contributed by atoms with Gasteiger partial charge < -0.3 is 29.3 Å². The van der Waals surface area contributed by atoms with Gasteiger partial charge in [0, 0.05) is 16.3 Å². The predicted octanol–water partition coefficient (Wildman–Crippen LogP) is -9.33. The van der Waals surface area contributed by atoms with Crippen molar-refractivity contribution in [1.82, 2.24) is 0 Å². The largest absolute Gasteiger partial charge is 1.00 e. The molecule has 0 saturated carbocycles. The smallest absolute Gasteiger partial charge is 0.744 e. The number of amides is 1. The van der Waals surface area contributed by atoms with Gasteiger partial charge in [0.05, 0.1) is 49.7 Å². The molecule has 5 aromatic carbocycles. The third-order valence-corrected chi connectivity index (χ3v) is 11.7. The van der Waals surface area contributed by atoms with Crippen molar-refractivity contribution in [2.45, 2.75) is 19.6 Å². The van der Waals surface area contributed by atoms with Crippen molar-refractivity contribution >= 4 is 97.0 Å². The molecule has 286 valence electrons. The van der Waals surface area contributed by atoms with E-state index in [2.05, 4.69) is 29.1 Å². The van der Waals surface area contributed by atoms with Crippen LogP contribution in [0, 0.1) is 0 Å². The number of hydrogen-bond acceptors (Lipinski definition) is 20. The van der Waals surface area contributed by atoms with Gasteiger partial charge in [-0.2, -0.15) is 4.33 Å². The van der Waals surface area contributed by atoms with Crippen LogP contribution in [0.25, 0.3) is 21.5 Å². The van der Waals surface area contributed by atoms with Crippen LogP contribution in [0.1, 0.15) is 10.4 Å². The standard InChI is InChI=1S/C29H23N3O17S5.4Na/c33-27-25-18(13-20(52(38,39)40)15-23(25)30-29(34)16-4-2-1-3-5-16)14-24(50-49-48-35)26(27)32-31-22-9-6-17-12-19(7-8-21(17)28(22)53(41,42)43)51(36,37)11-10-47-54(44,45)46;;;;/h1-9,12-15,33,35H,10-11H2,(H,30,34)(H,38,39,40)(H,41,42,43)(H,44,45,46);;;;/q;4*+1/p-4. The van der Waals surface area contributed by atoms with Gasteiger partial charge in [0.2, 0.25) is 10.4 Å². The Bertz CT molecular complexity index is 2800. The van der Waals surface area contributed by atoms with Crippen LogP contribution in [-0.2, 0) is 54.0 Å². The first-order chi connectivity index (χ1) is 25.2. The van der Waals surface area contributed by atoms with Crippen molar-refractivity contribution in [3.8, 4) is 5.75 Å². The molecule has 0 atom stereocenters. The second kappa shape index (κ2) is 22.6. The average molecular weight is 934 g/mol. The first kappa shape index (κ1) is 55.4. The molecule has 5 aromatic rings. The fraction of sp³-hybridized carbons (Fsp3) is 0.0690. The molecule has 0 unspecified atom stereocenters. The normalized spacial score (nSPS) is 11.9. The van der Waals surface area contributed by atoms with Gasteiger partial charge in [-0.1, -0.05) is 30.3 Å². The van der Waals surface area contributed by atoms with Gasteiger partial charge in [-0.15, -0.1) is 10.2 Å². The Morgan fingerprint density at radius 2 is 1.40 bits per heavy atom. The van der Waals surface area contributed by atoms with Crippen molar-refractivity contribution in [1.29, 1.82) is 0 Å². The van der Waals surface area contributed by atoms with Gasteiger partial charge in [0.15, 0.2) is 15.6 Å². The second-order valence-corrected chi connectivity index (χ2v) is 17.2. The Balaban J connectivity index is 0.00000420. The molecule has 0 heterocycles. The van der Waals surface area contributed by atoms with Gasteiger partial charge in [0.25, 0.3) is 5.91 Å². The molecule has 0 aliphatic heterocycles. The molecule has 0 saturated heterocycles. The van der Waals surface area contributed by atoms with Crippen LogP contribution in [0.5, 0.6) is 5.75 Å². The van der Waals surface area contributed by atoms with Crippen LogP contribution in [-0.4, -0.2) is 70.7 Å². The molecule has 5 rings (SSSR count). The number of azo groups is 1. The van der Waals surface area contributed by atoms with Crippen molar-refractivity contribution in [3.63, 3.8) is 0 Å². The minimum absolute atomic E-state index is 0. The molecule has 0 radical (unpaired) electrons. The number of carbonyl (C=O) groups is 1. The number of sulfone groups is 1. The van der Waals surface area contributed by atoms with Crippen molar-refractivity contribution in [2.24, 2.45) is 10.2 Å². The predicted molar refractivity (Wildman–Crippen MR) is 180 cm³/mol. The number of anilines is 1. The minimum Gasteiger partial charge on any atom is -0.744 e. The van der Waals surface area contributed by atoms with E-state index in [1.807, 2.05) is 0 Å². The van der Waals surface area contributed by atoms with E-state index < -0.39 is 96.2 Å². The summed E-state index contributed by atoms with van der Waals surface area (Å²) >= 11 is 0.104. The van der Waals surface area contributed by atoms with Gasteiger partial charge >= 0.3 is 118 Å². The van der Waals surface area contributed by atoms with Crippen LogP contribution in [0.15, 0.2) is 109 Å². The summed E-state index contributed by atoms with van der Waals surface area (Å²) < 4.78 is 139. The number of rotatable bonds is 14. The monoisotopic (exact) mass is 933 g/mol. The Morgan fingerprint density at radius 1 is 0.759 bits per heavy atom. The van der Waals surface area contributed by atoms with E-state index in [0.29, 0.717) is 0 Å². The average Bonchev–Trinajstić information content (AvgIpc) is 3.08. The molecular formula is C29H19N3Na4O17S5. The maximum atomic E-state index is 13.0. The summed E-state index contributed by atoms with van der Waals surface area (Å²) in [7, 11) is -20.1. The van der Waals surface area contributed by atoms with Crippen molar-refractivity contribution in [3.05, 3.63) is 84.4 Å². The fourth-order valence-electron chi connectivity index (χ4n) is 4.97. The molecule has 0 fully saturated rings. The molecule has 58 heavy (non-hydrogen) atoms. The molecule has 29 heteroatoms. The van der Waals surface area contributed by atoms with Crippen molar-refractivity contribution < 1.29 is 194 Å². The fourth-order valence-corrected chi connectivity index (χ4v) is 8.33. The first-order valence-electron chi connectivity index (χ1n) is 14.3. The van der Waals surface area contributed by atoms with E-state index in [-0.39, 0.29) is 162 Å². The van der Waals surface area contributed by atoms with E-state index in [9.17, 15) is 62.5 Å². The maximum absolute atomic E-state index is 13.0. The van der Waals surface area contributed by atoms with E-state index in [1.165, 1.54) is 24.3 Å². The SMILES string of the molecule is O=C(Nc1cc(S(=O)(=O)[O-])cc2cc(SOO[O-])c(N=Nc3ccc4cc(S(=O)(=O)CCOS(=O)(=O)[O-])ccc4c3S(=O)(=O)[O-])c(O)c12)c1ccccc1.[Na+].[Na+].[Na+].[Na+]. The molecule has 20 nitrogen and oxygen atoms in total. The maximum Gasteiger partial charge on any atom is 1.00 e. The number of hydrogen-bond donors (Lipinski definition) is 2. The second-order valence-electron chi connectivity index (χ2n) is 10.6. The van der Waals surface area contributed by atoms with Crippen molar-refractivity contribution in [2.75, 3.05) is 17.7 Å². The Kier molecular flexibility index (Phi) is 21.6. The number of fused-ring (bicyclic) bond motifs is 2. The number of carbonyl (C=O) groups excluding carboxylic acids is 1. The molecule has 0 bridgehead atoms. The summed E-state index contributed by atoms with van der Waals surface area (Å²) in [6.07, 6.45) is 0. The van der Waals surface area contributed by atoms with Gasteiger partial charge in [0.1, 0.15) is 31.6 Å². The zero-order valence-electron chi connectivity index (χ0n) is 30.3. The van der Waals surface area contributed by atoms with Crippen LogP contribution < -0.4 is 129 Å². The number of benzene rings is 5. The van der Waals surface area contributed by atoms with Crippen LogP contribution in [0.3, 0.4) is 0 Å². The Hall–Kier alpha value is -0.640. The summed E-state index contributed by atoms with van der Waals surface area (Å²) in [6.45, 7) is -1.01. The number of aromatic hydroxyl groups is 1. The topological polar surface area (TPSA) is 331 Å². The third kappa shape index (κ3) is 13.9. The molecule has 0 aromatic heterocycles. The minimum atomic E-state index is -5.44. The molecule has 1 amide bonds. The molecule has 0 spiro atoms. The van der Waals surface area contributed by atoms with E-state index >= 15 is 0 Å². The van der Waals surface area contributed by atoms with E-state index in [1.54, 1.807) is 6.07 Å². The van der Waals surface area contributed by atoms with Gasteiger partial charge in [-0.25, -0.2) is 33.7 Å². The summed E-state index contributed by atoms with van der Waals surface area (Å²) in [6, 6.07) is 15.0. The zero-order valence-corrected chi connectivity index (χ0v) is 42.4. The van der Waals surface area contributed by atoms with Gasteiger partial charge in [-0.3, -0.25) is 14.0 Å². The number of nitrogens with zero attached hydrogens (tertiary/aromatic N) is 2. The molecule has 0 aliphatic rings. The Labute approximate surface area is 423 Å². The van der Waals surface area contributed by atoms with Crippen LogP contribution in [0.4, 0.5) is 17.1 Å². The summed E-state index contributed by atoms with van der Waals surface area (Å²) in [4.78, 5) is 10.4. The summed E-state index contributed by atoms with van der Waals surface area (Å²) in [5.41, 5.74) is -1.59. The van der Waals surface area contributed by atoms with Crippen LogP contribution >= 0.6 is 12.0 Å². The first-order valence-corrected chi connectivity index (χ1v) is 20.8. The van der Waals surface area contributed by atoms with E-state index in [4.69, 9.17) is 0 Å². The number of nitrogens with one attached hydrogen (secondary N) is 1. The van der Waals surface area contributed by atoms with E-state index in [0.717, 1.165) is 48.5 Å². The Morgan fingerprint density at radius 3 is 1.98 bits per heavy atom.